The Bertz CT molecular complexity index is 1770. The molecule has 6 rings (SSSR count). The minimum atomic E-state index is -0.832. The standard InChI is InChI=1S/C32H23ClFN3O2/c1-36-28-12-6-4-10-25(28)30(24-9-2-5-11-26(24)34)35-27(32(36)39)18-21-19-37(29-13-7-3-8-23(21)29)31(38)20-14-16-22(33)17-15-20/h2-17,19,27H,18H2,1H3. The van der Waals surface area contributed by atoms with Gasteiger partial charge >= 0.3 is 0 Å². The molecule has 1 atom stereocenters. The number of carbonyl (C=O) groups is 2. The first kappa shape index (κ1) is 24.8. The average Bonchev–Trinajstić information content (AvgIpc) is 3.29. The lowest BCUT2D eigenvalue weighted by molar-refractivity contribution is -0.119. The van der Waals surface area contributed by atoms with E-state index < -0.39 is 11.9 Å². The number of likely N-dealkylation sites (N-methyl/N-ethyl adjacent to an activating group) is 1. The zero-order chi connectivity index (χ0) is 27.1. The van der Waals surface area contributed by atoms with Crippen molar-refractivity contribution in [2.45, 2.75) is 12.5 Å². The molecule has 7 heteroatoms. The smallest absolute Gasteiger partial charge is 0.262 e. The van der Waals surface area contributed by atoms with Crippen molar-refractivity contribution in [2.75, 3.05) is 11.9 Å². The summed E-state index contributed by atoms with van der Waals surface area (Å²) in [5.41, 5.74) is 4.11. The molecule has 1 aliphatic heterocycles. The van der Waals surface area contributed by atoms with E-state index in [1.54, 1.807) is 65.2 Å². The summed E-state index contributed by atoms with van der Waals surface area (Å²) in [6, 6.07) is 27.3. The highest BCUT2D eigenvalue weighted by Gasteiger charge is 2.31. The van der Waals surface area contributed by atoms with Gasteiger partial charge in [0.1, 0.15) is 11.9 Å². The lowest BCUT2D eigenvalue weighted by Crippen LogP contribution is -2.36. The van der Waals surface area contributed by atoms with Crippen LogP contribution in [0.25, 0.3) is 10.9 Å². The Kier molecular flexibility index (Phi) is 6.33. The van der Waals surface area contributed by atoms with Crippen LogP contribution in [0.15, 0.2) is 108 Å². The van der Waals surface area contributed by atoms with E-state index in [1.807, 2.05) is 48.5 Å². The molecular formula is C32H23ClFN3O2. The average molecular weight is 536 g/mol. The third-order valence-electron chi connectivity index (χ3n) is 7.07. The number of rotatable bonds is 4. The van der Waals surface area contributed by atoms with E-state index in [4.69, 9.17) is 16.6 Å². The van der Waals surface area contributed by atoms with Crippen LogP contribution in [0.4, 0.5) is 10.1 Å². The molecule has 5 nitrogen and oxygen atoms in total. The van der Waals surface area contributed by atoms with E-state index >= 15 is 4.39 Å². The maximum absolute atomic E-state index is 15.0. The minimum Gasteiger partial charge on any atom is -0.313 e. The number of hydrogen-bond acceptors (Lipinski definition) is 3. The molecule has 1 unspecified atom stereocenters. The highest BCUT2D eigenvalue weighted by molar-refractivity contribution is 6.30. The molecule has 4 aromatic carbocycles. The molecule has 0 N–H and O–H groups in total. The van der Waals surface area contributed by atoms with Gasteiger partial charge in [-0.3, -0.25) is 19.1 Å². The quantitative estimate of drug-likeness (QED) is 0.262. The molecule has 0 spiro atoms. The summed E-state index contributed by atoms with van der Waals surface area (Å²) in [5, 5.41) is 1.39. The normalized spacial score (nSPS) is 15.2. The third kappa shape index (κ3) is 4.43. The fourth-order valence-electron chi connectivity index (χ4n) is 5.11. The molecule has 192 valence electrons. The lowest BCUT2D eigenvalue weighted by atomic mass is 9.99. The maximum Gasteiger partial charge on any atom is 0.262 e. The number of amides is 1. The predicted molar refractivity (Wildman–Crippen MR) is 153 cm³/mol. The second kappa shape index (κ2) is 9.97. The number of aromatic nitrogens is 1. The van der Waals surface area contributed by atoms with E-state index in [9.17, 15) is 9.59 Å². The number of hydrogen-bond donors (Lipinski definition) is 0. The summed E-state index contributed by atoms with van der Waals surface area (Å²) >= 11 is 6.02. The summed E-state index contributed by atoms with van der Waals surface area (Å²) in [4.78, 5) is 33.6. The van der Waals surface area contributed by atoms with Gasteiger partial charge in [0.15, 0.2) is 0 Å². The zero-order valence-electron chi connectivity index (χ0n) is 21.0. The highest BCUT2D eigenvalue weighted by Crippen LogP contribution is 2.31. The molecule has 0 fully saturated rings. The summed E-state index contributed by atoms with van der Waals surface area (Å²) < 4.78 is 16.6. The van der Waals surface area contributed by atoms with Crippen LogP contribution in [0, 0.1) is 5.82 Å². The van der Waals surface area contributed by atoms with Gasteiger partial charge in [-0.15, -0.1) is 0 Å². The summed E-state index contributed by atoms with van der Waals surface area (Å²) in [7, 11) is 1.71. The number of anilines is 1. The number of nitrogens with zero attached hydrogens (tertiary/aromatic N) is 3. The number of aliphatic imine (C=N–C) groups is 1. The van der Waals surface area contributed by atoms with Crippen LogP contribution < -0.4 is 4.90 Å². The Balaban J connectivity index is 1.47. The predicted octanol–water partition coefficient (Wildman–Crippen LogP) is 6.55. The van der Waals surface area contributed by atoms with Crippen molar-refractivity contribution in [1.82, 2.24) is 4.57 Å². The van der Waals surface area contributed by atoms with Crippen molar-refractivity contribution >= 4 is 45.7 Å². The maximum atomic E-state index is 15.0. The first-order chi connectivity index (χ1) is 18.9. The van der Waals surface area contributed by atoms with Crippen LogP contribution in [-0.2, 0) is 11.2 Å². The van der Waals surface area contributed by atoms with Gasteiger partial charge in [0.05, 0.1) is 16.9 Å². The van der Waals surface area contributed by atoms with Crippen LogP contribution in [0.1, 0.15) is 27.0 Å². The van der Waals surface area contributed by atoms with E-state index in [1.165, 1.54) is 6.07 Å². The molecule has 0 radical (unpaired) electrons. The molecule has 5 aromatic rings. The fraction of sp³-hybridized carbons (Fsp3) is 0.0938. The van der Waals surface area contributed by atoms with Crippen molar-refractivity contribution in [3.05, 3.63) is 136 Å². The van der Waals surface area contributed by atoms with E-state index in [0.29, 0.717) is 33.1 Å². The molecule has 1 aliphatic rings. The van der Waals surface area contributed by atoms with Gasteiger partial charge in [0.2, 0.25) is 0 Å². The number of carbonyl (C=O) groups excluding carboxylic acids is 2. The van der Waals surface area contributed by atoms with Crippen LogP contribution in [0.5, 0.6) is 0 Å². The van der Waals surface area contributed by atoms with Gasteiger partial charge in [-0.2, -0.15) is 0 Å². The number of para-hydroxylation sites is 2. The van der Waals surface area contributed by atoms with Gasteiger partial charge in [0, 0.05) is 46.8 Å². The van der Waals surface area contributed by atoms with Gasteiger partial charge < -0.3 is 4.90 Å². The zero-order valence-corrected chi connectivity index (χ0v) is 21.8. The lowest BCUT2D eigenvalue weighted by Gasteiger charge is -2.20. The van der Waals surface area contributed by atoms with Crippen molar-refractivity contribution in [3.8, 4) is 0 Å². The molecule has 0 saturated carbocycles. The molecule has 0 bridgehead atoms. The Morgan fingerprint density at radius 1 is 0.897 bits per heavy atom. The van der Waals surface area contributed by atoms with Crippen molar-refractivity contribution < 1.29 is 14.0 Å². The number of fused-ring (bicyclic) bond motifs is 2. The van der Waals surface area contributed by atoms with Crippen LogP contribution in [-0.4, -0.2) is 35.2 Å². The molecule has 2 heterocycles. The van der Waals surface area contributed by atoms with E-state index in [2.05, 4.69) is 0 Å². The Hall–Kier alpha value is -4.55. The summed E-state index contributed by atoms with van der Waals surface area (Å²) in [6.07, 6.45) is 2.00. The van der Waals surface area contributed by atoms with E-state index in [0.717, 1.165) is 16.5 Å². The van der Waals surface area contributed by atoms with Crippen molar-refractivity contribution in [1.29, 1.82) is 0 Å². The number of benzene rings is 4. The van der Waals surface area contributed by atoms with Crippen LogP contribution >= 0.6 is 11.6 Å². The monoisotopic (exact) mass is 535 g/mol. The minimum absolute atomic E-state index is 0.207. The summed E-state index contributed by atoms with van der Waals surface area (Å²) in [6.45, 7) is 0. The Morgan fingerprint density at radius 2 is 1.56 bits per heavy atom. The number of halogens is 2. The second-order valence-electron chi connectivity index (χ2n) is 9.45. The molecular weight excluding hydrogens is 513 g/mol. The van der Waals surface area contributed by atoms with Gasteiger partial charge in [-0.05, 0) is 54.1 Å². The molecule has 1 amide bonds. The van der Waals surface area contributed by atoms with Crippen LogP contribution in [0.2, 0.25) is 5.02 Å². The molecule has 39 heavy (non-hydrogen) atoms. The first-order valence-electron chi connectivity index (χ1n) is 12.5. The molecule has 1 aromatic heterocycles. The van der Waals surface area contributed by atoms with Crippen LogP contribution in [0.3, 0.4) is 0 Å². The van der Waals surface area contributed by atoms with Crippen molar-refractivity contribution in [3.63, 3.8) is 0 Å². The van der Waals surface area contributed by atoms with Gasteiger partial charge in [-0.1, -0.05) is 60.1 Å². The first-order valence-corrected chi connectivity index (χ1v) is 12.9. The van der Waals surface area contributed by atoms with Gasteiger partial charge in [0.25, 0.3) is 11.8 Å². The second-order valence-corrected chi connectivity index (χ2v) is 9.88. The highest BCUT2D eigenvalue weighted by atomic mass is 35.5. The molecule has 0 saturated heterocycles. The van der Waals surface area contributed by atoms with Gasteiger partial charge in [-0.25, -0.2) is 4.39 Å². The summed E-state index contributed by atoms with van der Waals surface area (Å²) in [5.74, 6) is -0.831. The number of benzodiazepines with no additional fused rings is 1. The largest absolute Gasteiger partial charge is 0.313 e. The topological polar surface area (TPSA) is 54.7 Å². The SMILES string of the molecule is CN1C(=O)C(Cc2cn(C(=O)c3ccc(Cl)cc3)c3ccccc23)N=C(c2ccccc2F)c2ccccc21. The fourth-order valence-corrected chi connectivity index (χ4v) is 5.24. The Morgan fingerprint density at radius 3 is 2.33 bits per heavy atom. The molecule has 0 aliphatic carbocycles. The Labute approximate surface area is 229 Å². The van der Waals surface area contributed by atoms with E-state index in [-0.39, 0.29) is 18.2 Å². The van der Waals surface area contributed by atoms with Crippen molar-refractivity contribution in [2.24, 2.45) is 4.99 Å². The third-order valence-corrected chi connectivity index (χ3v) is 7.32.